The molecule has 1 aliphatic carbocycles. The van der Waals surface area contributed by atoms with Crippen molar-refractivity contribution in [3.63, 3.8) is 0 Å². The van der Waals surface area contributed by atoms with Crippen LogP contribution < -0.4 is 5.32 Å². The maximum atomic E-state index is 13.1. The normalized spacial score (nSPS) is 18.4. The van der Waals surface area contributed by atoms with E-state index in [9.17, 15) is 26.4 Å². The predicted molar refractivity (Wildman–Crippen MR) is 117 cm³/mol. The number of morpholine rings is 1. The number of rotatable bonds is 8. The molecule has 1 saturated carbocycles. The molecule has 192 valence electrons. The first kappa shape index (κ1) is 25.5. The third-order valence-corrected chi connectivity index (χ3v) is 7.90. The molecule has 2 aliphatic rings. The van der Waals surface area contributed by atoms with Crippen LogP contribution in [0.25, 0.3) is 0 Å². The lowest BCUT2D eigenvalue weighted by Gasteiger charge is -2.30. The van der Waals surface area contributed by atoms with Crippen LogP contribution in [0.4, 0.5) is 13.2 Å². The highest BCUT2D eigenvalue weighted by Gasteiger charge is 2.35. The first-order chi connectivity index (χ1) is 16.5. The third kappa shape index (κ3) is 5.98. The molecule has 1 amide bonds. The minimum absolute atomic E-state index is 0.00409. The highest BCUT2D eigenvalue weighted by molar-refractivity contribution is 7.91. The lowest BCUT2D eigenvalue weighted by Crippen LogP contribution is -2.44. The average Bonchev–Trinajstić information content (AvgIpc) is 3.49. The van der Waals surface area contributed by atoms with Gasteiger partial charge in [0.1, 0.15) is 11.7 Å². The van der Waals surface area contributed by atoms with Gasteiger partial charge in [-0.05, 0) is 37.8 Å². The molecule has 14 heteroatoms. The van der Waals surface area contributed by atoms with Crippen molar-refractivity contribution < 1.29 is 31.1 Å². The summed E-state index contributed by atoms with van der Waals surface area (Å²) < 4.78 is 71.2. The Balaban J connectivity index is 1.61. The summed E-state index contributed by atoms with van der Waals surface area (Å²) in [6, 6.07) is 1.06. The van der Waals surface area contributed by atoms with Gasteiger partial charge in [0.15, 0.2) is 5.82 Å². The van der Waals surface area contributed by atoms with Crippen molar-refractivity contribution in [2.24, 2.45) is 13.0 Å². The van der Waals surface area contributed by atoms with Gasteiger partial charge in [0.2, 0.25) is 15.0 Å². The van der Waals surface area contributed by atoms with Gasteiger partial charge in [-0.1, -0.05) is 0 Å². The number of sulfone groups is 1. The smallest absolute Gasteiger partial charge is 0.379 e. The summed E-state index contributed by atoms with van der Waals surface area (Å²) in [5.74, 6) is -0.293. The van der Waals surface area contributed by atoms with Crippen LogP contribution in [0.5, 0.6) is 0 Å². The number of aromatic nitrogens is 4. The zero-order chi connectivity index (χ0) is 25.4. The Morgan fingerprint density at radius 2 is 1.91 bits per heavy atom. The van der Waals surface area contributed by atoms with Crippen molar-refractivity contribution in [2.45, 2.75) is 37.1 Å². The number of amides is 1. The van der Waals surface area contributed by atoms with Crippen LogP contribution in [0.2, 0.25) is 0 Å². The maximum absolute atomic E-state index is 13.1. The van der Waals surface area contributed by atoms with Crippen LogP contribution in [0.15, 0.2) is 17.3 Å². The Bertz CT molecular complexity index is 1190. The van der Waals surface area contributed by atoms with Crippen molar-refractivity contribution in [3.05, 3.63) is 34.9 Å². The number of aryl methyl sites for hydroxylation is 1. The van der Waals surface area contributed by atoms with Crippen molar-refractivity contribution >= 4 is 15.7 Å². The third-order valence-electron chi connectivity index (χ3n) is 6.08. The molecule has 10 nitrogen and oxygen atoms in total. The number of hydrogen-bond donors (Lipinski definition) is 1. The Kier molecular flexibility index (Phi) is 7.16. The molecule has 0 radical (unpaired) electrons. The SMILES string of the molecule is Cc1nc(C(F)(F)F)ccc1C(=O)N[C@H](CN1CCOCC1)c1nnc(S(=O)(=O)CC2CC2)n1C. The largest absolute Gasteiger partial charge is 0.433 e. The molecule has 2 aromatic rings. The van der Waals surface area contributed by atoms with E-state index < -0.39 is 33.7 Å². The number of ether oxygens (including phenoxy) is 1. The number of carbonyl (C=O) groups excluding carboxylic acids is 1. The van der Waals surface area contributed by atoms with Crippen LogP contribution >= 0.6 is 0 Å². The van der Waals surface area contributed by atoms with Crippen molar-refractivity contribution in [1.82, 2.24) is 30.0 Å². The van der Waals surface area contributed by atoms with Crippen LogP contribution in [0.3, 0.4) is 0 Å². The number of carbonyl (C=O) groups is 1. The standard InChI is InChI=1S/C21H27F3N6O4S/c1-13-15(5-6-17(25-13)21(22,23)24)19(31)26-16(11-30-7-9-34-10-8-30)18-27-28-20(29(18)2)35(32,33)12-14-3-4-14/h5-6,14,16H,3-4,7-12H2,1-2H3,(H,26,31)/t16-/m1/s1. The number of hydrogen-bond acceptors (Lipinski definition) is 8. The zero-order valence-electron chi connectivity index (χ0n) is 19.4. The molecule has 4 rings (SSSR count). The molecule has 1 saturated heterocycles. The van der Waals surface area contributed by atoms with E-state index in [2.05, 4.69) is 20.5 Å². The lowest BCUT2D eigenvalue weighted by molar-refractivity contribution is -0.141. The molecule has 3 heterocycles. The number of halogens is 3. The molecule has 0 bridgehead atoms. The molecule has 0 unspecified atom stereocenters. The summed E-state index contributed by atoms with van der Waals surface area (Å²) in [6.07, 6.45) is -2.90. The molecule has 2 aromatic heterocycles. The number of pyridine rings is 1. The molecular formula is C21H27F3N6O4S. The van der Waals surface area contributed by atoms with Gasteiger partial charge < -0.3 is 14.6 Å². The van der Waals surface area contributed by atoms with Gasteiger partial charge in [-0.2, -0.15) is 13.2 Å². The van der Waals surface area contributed by atoms with E-state index in [1.54, 1.807) is 0 Å². The Labute approximate surface area is 200 Å². The maximum Gasteiger partial charge on any atom is 0.433 e. The van der Waals surface area contributed by atoms with Crippen molar-refractivity contribution in [2.75, 3.05) is 38.6 Å². The van der Waals surface area contributed by atoms with E-state index in [0.29, 0.717) is 26.3 Å². The Hall–Kier alpha value is -2.58. The van der Waals surface area contributed by atoms with Gasteiger partial charge in [-0.25, -0.2) is 13.4 Å². The van der Waals surface area contributed by atoms with E-state index in [1.807, 2.05) is 4.90 Å². The van der Waals surface area contributed by atoms with E-state index in [-0.39, 0.29) is 40.5 Å². The Morgan fingerprint density at radius 3 is 2.51 bits per heavy atom. The molecule has 2 fully saturated rings. The summed E-state index contributed by atoms with van der Waals surface area (Å²) >= 11 is 0. The monoisotopic (exact) mass is 516 g/mol. The number of nitrogens with zero attached hydrogens (tertiary/aromatic N) is 5. The van der Waals surface area contributed by atoms with Crippen molar-refractivity contribution in [1.29, 1.82) is 0 Å². The summed E-state index contributed by atoms with van der Waals surface area (Å²) in [4.78, 5) is 18.6. The second-order valence-electron chi connectivity index (χ2n) is 8.89. The first-order valence-electron chi connectivity index (χ1n) is 11.2. The predicted octanol–water partition coefficient (Wildman–Crippen LogP) is 1.52. The fourth-order valence-electron chi connectivity index (χ4n) is 4.00. The second-order valence-corrected chi connectivity index (χ2v) is 10.8. The van der Waals surface area contributed by atoms with Crippen LogP contribution in [-0.4, -0.2) is 77.6 Å². The minimum Gasteiger partial charge on any atom is -0.379 e. The summed E-state index contributed by atoms with van der Waals surface area (Å²) in [5.41, 5.74) is -1.18. The molecule has 1 atom stereocenters. The quantitative estimate of drug-likeness (QED) is 0.561. The van der Waals surface area contributed by atoms with E-state index in [0.717, 1.165) is 25.0 Å². The molecule has 1 aliphatic heterocycles. The van der Waals surface area contributed by atoms with Crippen molar-refractivity contribution in [3.8, 4) is 0 Å². The lowest BCUT2D eigenvalue weighted by atomic mass is 10.1. The topological polar surface area (TPSA) is 119 Å². The van der Waals surface area contributed by atoms with Gasteiger partial charge in [-0.3, -0.25) is 9.69 Å². The summed E-state index contributed by atoms with van der Waals surface area (Å²) in [7, 11) is -2.13. The van der Waals surface area contributed by atoms with Gasteiger partial charge in [-0.15, -0.1) is 10.2 Å². The highest BCUT2D eigenvalue weighted by Crippen LogP contribution is 2.32. The average molecular weight is 517 g/mol. The van der Waals surface area contributed by atoms with Crippen LogP contribution in [0.1, 0.15) is 46.5 Å². The zero-order valence-corrected chi connectivity index (χ0v) is 20.2. The highest BCUT2D eigenvalue weighted by atomic mass is 32.2. The minimum atomic E-state index is -4.63. The number of nitrogens with one attached hydrogen (secondary N) is 1. The van der Waals surface area contributed by atoms with Crippen LogP contribution in [0, 0.1) is 12.8 Å². The number of alkyl halides is 3. The molecule has 0 spiro atoms. The molecular weight excluding hydrogens is 489 g/mol. The molecule has 1 N–H and O–H groups in total. The summed E-state index contributed by atoms with van der Waals surface area (Å²) in [5, 5.41) is 10.6. The van der Waals surface area contributed by atoms with Gasteiger partial charge >= 0.3 is 6.18 Å². The van der Waals surface area contributed by atoms with Crippen LogP contribution in [-0.2, 0) is 27.8 Å². The van der Waals surface area contributed by atoms with E-state index in [1.165, 1.54) is 18.5 Å². The second kappa shape index (κ2) is 9.82. The van der Waals surface area contributed by atoms with Gasteiger partial charge in [0.25, 0.3) is 5.91 Å². The fraction of sp³-hybridized carbons (Fsp3) is 0.619. The molecule has 35 heavy (non-hydrogen) atoms. The van der Waals surface area contributed by atoms with E-state index >= 15 is 0 Å². The first-order valence-corrected chi connectivity index (χ1v) is 12.9. The fourth-order valence-corrected chi connectivity index (χ4v) is 5.78. The summed E-state index contributed by atoms with van der Waals surface area (Å²) in [6.45, 7) is 3.81. The van der Waals surface area contributed by atoms with E-state index in [4.69, 9.17) is 4.74 Å². The molecule has 0 aromatic carbocycles. The Morgan fingerprint density at radius 1 is 1.23 bits per heavy atom. The van der Waals surface area contributed by atoms with Gasteiger partial charge in [0, 0.05) is 26.7 Å². The van der Waals surface area contributed by atoms with Gasteiger partial charge in [0.05, 0.1) is 30.2 Å².